The van der Waals surface area contributed by atoms with Crippen molar-refractivity contribution in [3.63, 3.8) is 0 Å². The number of carbonyl (C=O) groups is 1. The molecule has 0 bridgehead atoms. The molecule has 9 heteroatoms. The summed E-state index contributed by atoms with van der Waals surface area (Å²) >= 11 is 0. The fourth-order valence-corrected chi connectivity index (χ4v) is 3.45. The molecule has 0 atom stereocenters. The zero-order valence-electron chi connectivity index (χ0n) is 17.5. The highest BCUT2D eigenvalue weighted by Crippen LogP contribution is 2.18. The standard InChI is InChI=1S/C19H33N7O.HI/c1-5-20-19(21-12-17-14(2)23-24(4)15(17)3)26-10-8-25(9-11-26)13-18(27)22-16-6-7-16;/h16H,5-13H2,1-4H3,(H,20,21)(H,22,27);1H. The molecule has 1 aliphatic carbocycles. The number of guanidine groups is 1. The van der Waals surface area contributed by atoms with E-state index in [1.807, 2.05) is 18.7 Å². The van der Waals surface area contributed by atoms with Crippen LogP contribution in [0, 0.1) is 13.8 Å². The molecule has 1 aliphatic heterocycles. The van der Waals surface area contributed by atoms with Crippen molar-refractivity contribution >= 4 is 35.8 Å². The molecule has 158 valence electrons. The third-order valence-electron chi connectivity index (χ3n) is 5.36. The van der Waals surface area contributed by atoms with Crippen molar-refractivity contribution in [2.45, 2.75) is 46.2 Å². The van der Waals surface area contributed by atoms with Crippen LogP contribution in [0.15, 0.2) is 4.99 Å². The lowest BCUT2D eigenvalue weighted by Gasteiger charge is -2.36. The monoisotopic (exact) mass is 503 g/mol. The lowest BCUT2D eigenvalue weighted by Crippen LogP contribution is -2.54. The number of aryl methyl sites for hydroxylation is 2. The lowest BCUT2D eigenvalue weighted by atomic mass is 10.2. The van der Waals surface area contributed by atoms with E-state index >= 15 is 0 Å². The van der Waals surface area contributed by atoms with Gasteiger partial charge >= 0.3 is 0 Å². The number of halogens is 1. The van der Waals surface area contributed by atoms with Gasteiger partial charge in [0.05, 0.1) is 18.8 Å². The summed E-state index contributed by atoms with van der Waals surface area (Å²) < 4.78 is 1.92. The molecule has 1 aromatic rings. The fraction of sp³-hybridized carbons (Fsp3) is 0.737. The Kier molecular flexibility index (Phi) is 8.54. The zero-order chi connectivity index (χ0) is 19.4. The molecular weight excluding hydrogens is 469 g/mol. The maximum atomic E-state index is 12.0. The summed E-state index contributed by atoms with van der Waals surface area (Å²) in [4.78, 5) is 21.4. The number of piperazine rings is 1. The number of nitrogens with one attached hydrogen (secondary N) is 2. The topological polar surface area (TPSA) is 77.8 Å². The van der Waals surface area contributed by atoms with Crippen molar-refractivity contribution in [1.82, 2.24) is 30.2 Å². The maximum absolute atomic E-state index is 12.0. The number of carbonyl (C=O) groups excluding carboxylic acids is 1. The van der Waals surface area contributed by atoms with Gasteiger partial charge in [-0.25, -0.2) is 4.99 Å². The van der Waals surface area contributed by atoms with Crippen LogP contribution in [0.5, 0.6) is 0 Å². The first-order valence-electron chi connectivity index (χ1n) is 10.0. The molecule has 0 unspecified atom stereocenters. The second-order valence-corrected chi connectivity index (χ2v) is 7.55. The number of nitrogens with zero attached hydrogens (tertiary/aromatic N) is 5. The molecule has 0 radical (unpaired) electrons. The highest BCUT2D eigenvalue weighted by atomic mass is 127. The molecule has 1 aromatic heterocycles. The Balaban J connectivity index is 0.00000280. The van der Waals surface area contributed by atoms with Gasteiger partial charge < -0.3 is 15.5 Å². The average molecular weight is 503 g/mol. The second kappa shape index (κ2) is 10.4. The summed E-state index contributed by atoms with van der Waals surface area (Å²) in [5.74, 6) is 1.11. The van der Waals surface area contributed by atoms with E-state index < -0.39 is 0 Å². The third kappa shape index (κ3) is 6.07. The van der Waals surface area contributed by atoms with E-state index in [2.05, 4.69) is 39.4 Å². The predicted molar refractivity (Wildman–Crippen MR) is 122 cm³/mol. The van der Waals surface area contributed by atoms with Crippen molar-refractivity contribution in [3.05, 3.63) is 17.0 Å². The quantitative estimate of drug-likeness (QED) is 0.345. The van der Waals surface area contributed by atoms with Gasteiger partial charge in [-0.3, -0.25) is 14.4 Å². The largest absolute Gasteiger partial charge is 0.357 e. The summed E-state index contributed by atoms with van der Waals surface area (Å²) in [6.45, 7) is 11.7. The van der Waals surface area contributed by atoms with Crippen molar-refractivity contribution < 1.29 is 4.79 Å². The van der Waals surface area contributed by atoms with Crippen LogP contribution < -0.4 is 10.6 Å². The lowest BCUT2D eigenvalue weighted by molar-refractivity contribution is -0.122. The number of hydrogen-bond donors (Lipinski definition) is 2. The number of amides is 1. The molecule has 2 aliphatic rings. The normalized spacial score (nSPS) is 18.0. The van der Waals surface area contributed by atoms with Crippen molar-refractivity contribution in [2.75, 3.05) is 39.3 Å². The van der Waals surface area contributed by atoms with Crippen LogP contribution in [-0.2, 0) is 18.4 Å². The molecule has 1 saturated carbocycles. The van der Waals surface area contributed by atoms with Crippen LogP contribution in [0.2, 0.25) is 0 Å². The van der Waals surface area contributed by atoms with Gasteiger partial charge in [-0.15, -0.1) is 24.0 Å². The average Bonchev–Trinajstić information content (AvgIpc) is 3.41. The van der Waals surface area contributed by atoms with Gasteiger partial charge in [0.15, 0.2) is 5.96 Å². The molecule has 3 rings (SSSR count). The van der Waals surface area contributed by atoms with Crippen molar-refractivity contribution in [1.29, 1.82) is 0 Å². The van der Waals surface area contributed by atoms with Crippen molar-refractivity contribution in [2.24, 2.45) is 12.0 Å². The highest BCUT2D eigenvalue weighted by Gasteiger charge is 2.26. The molecule has 28 heavy (non-hydrogen) atoms. The van der Waals surface area contributed by atoms with Gasteiger partial charge in [0.1, 0.15) is 0 Å². The molecule has 2 fully saturated rings. The number of hydrogen-bond acceptors (Lipinski definition) is 4. The molecular formula is C19H34IN7O. The van der Waals surface area contributed by atoms with Crippen molar-refractivity contribution in [3.8, 4) is 0 Å². The van der Waals surface area contributed by atoms with Crippen LogP contribution in [0.4, 0.5) is 0 Å². The Morgan fingerprint density at radius 2 is 1.89 bits per heavy atom. The Hall–Kier alpha value is -1.36. The van der Waals surface area contributed by atoms with Crippen LogP contribution in [-0.4, -0.2) is 76.8 Å². The van der Waals surface area contributed by atoms with Crippen LogP contribution in [0.3, 0.4) is 0 Å². The zero-order valence-corrected chi connectivity index (χ0v) is 19.8. The van der Waals surface area contributed by atoms with Gasteiger partial charge in [0.2, 0.25) is 5.91 Å². The Morgan fingerprint density at radius 1 is 1.21 bits per heavy atom. The number of aromatic nitrogens is 2. The van der Waals surface area contributed by atoms with E-state index in [9.17, 15) is 4.79 Å². The summed E-state index contributed by atoms with van der Waals surface area (Å²) in [5, 5.41) is 11.0. The van der Waals surface area contributed by atoms with Crippen LogP contribution >= 0.6 is 24.0 Å². The summed E-state index contributed by atoms with van der Waals surface area (Å²) in [6.07, 6.45) is 2.27. The van der Waals surface area contributed by atoms with Gasteiger partial charge in [-0.2, -0.15) is 5.10 Å². The number of rotatable bonds is 6. The predicted octanol–water partition coefficient (Wildman–Crippen LogP) is 1.02. The highest BCUT2D eigenvalue weighted by molar-refractivity contribution is 14.0. The summed E-state index contributed by atoms with van der Waals surface area (Å²) in [5.41, 5.74) is 3.41. The maximum Gasteiger partial charge on any atom is 0.234 e. The Bertz CT molecular complexity index is 691. The summed E-state index contributed by atoms with van der Waals surface area (Å²) in [7, 11) is 1.97. The van der Waals surface area contributed by atoms with E-state index in [0.717, 1.165) is 57.2 Å². The minimum atomic E-state index is 0. The second-order valence-electron chi connectivity index (χ2n) is 7.55. The molecule has 0 spiro atoms. The first kappa shape index (κ1) is 22.9. The first-order valence-corrected chi connectivity index (χ1v) is 10.0. The van der Waals surface area contributed by atoms with E-state index in [1.165, 1.54) is 11.3 Å². The molecule has 8 nitrogen and oxygen atoms in total. The van der Waals surface area contributed by atoms with Crippen LogP contribution in [0.1, 0.15) is 36.7 Å². The SMILES string of the molecule is CCNC(=NCc1c(C)nn(C)c1C)N1CCN(CC(=O)NC2CC2)CC1.I. The van der Waals surface area contributed by atoms with Gasteiger partial charge in [0.25, 0.3) is 0 Å². The van der Waals surface area contributed by atoms with Crippen LogP contribution in [0.25, 0.3) is 0 Å². The Labute approximate surface area is 185 Å². The van der Waals surface area contributed by atoms with E-state index in [1.54, 1.807) is 0 Å². The smallest absolute Gasteiger partial charge is 0.234 e. The van der Waals surface area contributed by atoms with E-state index in [0.29, 0.717) is 19.1 Å². The van der Waals surface area contributed by atoms with Gasteiger partial charge in [0, 0.05) is 57.1 Å². The molecule has 1 saturated heterocycles. The van der Waals surface area contributed by atoms with Gasteiger partial charge in [-0.05, 0) is 33.6 Å². The molecule has 2 N–H and O–H groups in total. The molecule has 0 aromatic carbocycles. The minimum Gasteiger partial charge on any atom is -0.357 e. The summed E-state index contributed by atoms with van der Waals surface area (Å²) in [6, 6.07) is 0.436. The minimum absolute atomic E-state index is 0. The van der Waals surface area contributed by atoms with Gasteiger partial charge in [-0.1, -0.05) is 0 Å². The number of aliphatic imine (C=N–C) groups is 1. The first-order chi connectivity index (χ1) is 13.0. The molecule has 1 amide bonds. The Morgan fingerprint density at radius 3 is 2.43 bits per heavy atom. The van der Waals surface area contributed by atoms with E-state index in [-0.39, 0.29) is 29.9 Å². The van der Waals surface area contributed by atoms with E-state index in [4.69, 9.17) is 4.99 Å². The third-order valence-corrected chi connectivity index (χ3v) is 5.36. The molecule has 2 heterocycles. The fourth-order valence-electron chi connectivity index (χ4n) is 3.45.